The second-order valence-electron chi connectivity index (χ2n) is 7.59. The van der Waals surface area contributed by atoms with Crippen LogP contribution in [0.4, 0.5) is 5.69 Å². The number of anilines is 1. The Hall–Kier alpha value is -4.14. The third kappa shape index (κ3) is 5.20. The second-order valence-corrected chi connectivity index (χ2v) is 7.59. The maximum absolute atomic E-state index is 12.5. The van der Waals surface area contributed by atoms with Crippen molar-refractivity contribution in [2.24, 2.45) is 0 Å². The van der Waals surface area contributed by atoms with Crippen LogP contribution in [0.3, 0.4) is 0 Å². The normalized spacial score (nSPS) is 10.9. The highest BCUT2D eigenvalue weighted by molar-refractivity contribution is 6.02. The molecule has 0 aliphatic heterocycles. The molecule has 4 rings (SSSR count). The summed E-state index contributed by atoms with van der Waals surface area (Å²) in [4.78, 5) is 23.9. The van der Waals surface area contributed by atoms with E-state index in [9.17, 15) is 9.59 Å². The van der Waals surface area contributed by atoms with E-state index in [-0.39, 0.29) is 24.1 Å². The SMILES string of the molecule is CCn1ncc(Cn2cc(NC(=O)c3ccc(COc4ccc(C(C)=O)cc4)o3)cn2)c1C. The van der Waals surface area contributed by atoms with Gasteiger partial charge in [0.25, 0.3) is 5.91 Å². The molecule has 0 fully saturated rings. The molecule has 9 nitrogen and oxygen atoms in total. The largest absolute Gasteiger partial charge is 0.486 e. The van der Waals surface area contributed by atoms with E-state index in [4.69, 9.17) is 9.15 Å². The fourth-order valence-corrected chi connectivity index (χ4v) is 3.36. The van der Waals surface area contributed by atoms with Crippen LogP contribution in [0.1, 0.15) is 51.8 Å². The van der Waals surface area contributed by atoms with Gasteiger partial charge in [0.05, 0.1) is 24.6 Å². The van der Waals surface area contributed by atoms with Gasteiger partial charge in [-0.25, -0.2) is 0 Å². The Morgan fingerprint density at radius 2 is 1.88 bits per heavy atom. The van der Waals surface area contributed by atoms with Crippen molar-refractivity contribution in [1.82, 2.24) is 19.6 Å². The zero-order chi connectivity index (χ0) is 23.4. The van der Waals surface area contributed by atoms with Gasteiger partial charge in [0.15, 0.2) is 11.5 Å². The van der Waals surface area contributed by atoms with Crippen molar-refractivity contribution in [3.63, 3.8) is 0 Å². The van der Waals surface area contributed by atoms with E-state index >= 15 is 0 Å². The molecular weight excluding hydrogens is 422 g/mol. The first-order valence-electron chi connectivity index (χ1n) is 10.6. The summed E-state index contributed by atoms with van der Waals surface area (Å²) in [5, 5.41) is 11.4. The first kappa shape index (κ1) is 22.1. The van der Waals surface area contributed by atoms with Gasteiger partial charge in [-0.2, -0.15) is 10.2 Å². The number of nitrogens with zero attached hydrogens (tertiary/aromatic N) is 4. The molecule has 0 spiro atoms. The molecule has 170 valence electrons. The molecule has 0 saturated heterocycles. The van der Waals surface area contributed by atoms with Crippen LogP contribution in [0.15, 0.2) is 59.4 Å². The Labute approximate surface area is 191 Å². The van der Waals surface area contributed by atoms with Gasteiger partial charge in [0.1, 0.15) is 18.1 Å². The topological polar surface area (TPSA) is 104 Å². The summed E-state index contributed by atoms with van der Waals surface area (Å²) >= 11 is 0. The third-order valence-corrected chi connectivity index (χ3v) is 5.26. The van der Waals surface area contributed by atoms with Crippen molar-refractivity contribution in [1.29, 1.82) is 0 Å². The lowest BCUT2D eigenvalue weighted by molar-refractivity contribution is 0.0990. The van der Waals surface area contributed by atoms with Gasteiger partial charge in [-0.15, -0.1) is 0 Å². The lowest BCUT2D eigenvalue weighted by Gasteiger charge is -2.05. The maximum Gasteiger partial charge on any atom is 0.291 e. The molecule has 3 aromatic heterocycles. The molecule has 0 unspecified atom stereocenters. The summed E-state index contributed by atoms with van der Waals surface area (Å²) in [5.41, 5.74) is 3.36. The van der Waals surface area contributed by atoms with E-state index in [0.29, 0.717) is 29.3 Å². The number of Topliss-reactive ketones (excluding diaryl/α,β-unsaturated/α-hetero) is 1. The molecule has 9 heteroatoms. The van der Waals surface area contributed by atoms with Gasteiger partial charge in [0, 0.05) is 29.6 Å². The number of aryl methyl sites for hydroxylation is 1. The van der Waals surface area contributed by atoms with Gasteiger partial charge < -0.3 is 14.5 Å². The number of amides is 1. The molecule has 3 heterocycles. The number of rotatable bonds is 9. The Balaban J connectivity index is 1.32. The lowest BCUT2D eigenvalue weighted by atomic mass is 10.1. The number of ether oxygens (including phenoxy) is 1. The molecule has 0 bridgehead atoms. The van der Waals surface area contributed by atoms with E-state index in [1.807, 2.05) is 24.7 Å². The van der Waals surface area contributed by atoms with E-state index < -0.39 is 0 Å². The van der Waals surface area contributed by atoms with Crippen LogP contribution >= 0.6 is 0 Å². The number of carbonyl (C=O) groups excluding carboxylic acids is 2. The highest BCUT2D eigenvalue weighted by atomic mass is 16.5. The van der Waals surface area contributed by atoms with Crippen molar-refractivity contribution < 1.29 is 18.7 Å². The first-order valence-corrected chi connectivity index (χ1v) is 10.6. The van der Waals surface area contributed by atoms with Gasteiger partial charge >= 0.3 is 0 Å². The number of furan rings is 1. The quantitative estimate of drug-likeness (QED) is 0.388. The average molecular weight is 447 g/mol. The Kier molecular flexibility index (Phi) is 6.39. The van der Waals surface area contributed by atoms with Gasteiger partial charge in [-0.1, -0.05) is 0 Å². The van der Waals surface area contributed by atoms with Crippen molar-refractivity contribution in [2.45, 2.75) is 40.5 Å². The van der Waals surface area contributed by atoms with Crippen molar-refractivity contribution in [2.75, 3.05) is 5.32 Å². The zero-order valence-corrected chi connectivity index (χ0v) is 18.7. The summed E-state index contributed by atoms with van der Waals surface area (Å²) in [5.74, 6) is 0.913. The van der Waals surface area contributed by atoms with Crippen molar-refractivity contribution in [3.05, 3.63) is 83.3 Å². The molecule has 1 N–H and O–H groups in total. The molecule has 0 aliphatic rings. The summed E-state index contributed by atoms with van der Waals surface area (Å²) in [6, 6.07) is 10.1. The van der Waals surface area contributed by atoms with E-state index in [1.165, 1.54) is 6.92 Å². The number of nitrogens with one attached hydrogen (secondary N) is 1. The summed E-state index contributed by atoms with van der Waals surface area (Å²) in [6.07, 6.45) is 5.19. The van der Waals surface area contributed by atoms with Crippen LogP contribution in [0.25, 0.3) is 0 Å². The smallest absolute Gasteiger partial charge is 0.291 e. The molecule has 0 radical (unpaired) electrons. The lowest BCUT2D eigenvalue weighted by Crippen LogP contribution is -2.10. The minimum atomic E-state index is -0.374. The molecule has 0 saturated carbocycles. The van der Waals surface area contributed by atoms with Crippen LogP contribution < -0.4 is 10.1 Å². The Morgan fingerprint density at radius 1 is 1.09 bits per heavy atom. The summed E-state index contributed by atoms with van der Waals surface area (Å²) in [7, 11) is 0. The molecule has 1 amide bonds. The van der Waals surface area contributed by atoms with Gasteiger partial charge in [-0.3, -0.25) is 19.0 Å². The number of ketones is 1. The van der Waals surface area contributed by atoms with Crippen LogP contribution in [-0.2, 0) is 19.7 Å². The van der Waals surface area contributed by atoms with Crippen LogP contribution in [-0.4, -0.2) is 31.3 Å². The first-order chi connectivity index (χ1) is 15.9. The number of hydrogen-bond acceptors (Lipinski definition) is 6. The molecular formula is C24H25N5O4. The fourth-order valence-electron chi connectivity index (χ4n) is 3.36. The molecule has 0 aliphatic carbocycles. The standard InChI is InChI=1S/C24H25N5O4/c1-4-29-16(2)19(11-26-29)13-28-14-20(12-25-28)27-24(31)23-10-9-22(33-23)15-32-21-7-5-18(6-8-21)17(3)30/h5-12,14H,4,13,15H2,1-3H3,(H,27,31). The Bertz CT molecular complexity index is 1270. The molecule has 33 heavy (non-hydrogen) atoms. The van der Waals surface area contributed by atoms with Crippen LogP contribution in [0, 0.1) is 6.92 Å². The number of hydrogen-bond donors (Lipinski definition) is 1. The van der Waals surface area contributed by atoms with E-state index in [1.54, 1.807) is 53.5 Å². The van der Waals surface area contributed by atoms with Gasteiger partial charge in [-0.05, 0) is 57.2 Å². The van der Waals surface area contributed by atoms with Gasteiger partial charge in [0.2, 0.25) is 0 Å². The van der Waals surface area contributed by atoms with Crippen molar-refractivity contribution in [3.8, 4) is 5.75 Å². The zero-order valence-electron chi connectivity index (χ0n) is 18.7. The van der Waals surface area contributed by atoms with E-state index in [2.05, 4.69) is 15.5 Å². The highest BCUT2D eigenvalue weighted by Gasteiger charge is 2.14. The maximum atomic E-state index is 12.5. The second kappa shape index (κ2) is 9.56. The highest BCUT2D eigenvalue weighted by Crippen LogP contribution is 2.17. The number of benzene rings is 1. The summed E-state index contributed by atoms with van der Waals surface area (Å²) < 4.78 is 14.9. The Morgan fingerprint density at radius 3 is 2.58 bits per heavy atom. The predicted octanol–water partition coefficient (Wildman–Crippen LogP) is 4.08. The van der Waals surface area contributed by atoms with Crippen LogP contribution in [0.5, 0.6) is 5.75 Å². The molecule has 1 aromatic carbocycles. The summed E-state index contributed by atoms with van der Waals surface area (Å²) in [6.45, 7) is 7.13. The number of aromatic nitrogens is 4. The average Bonchev–Trinajstić information content (AvgIpc) is 3.54. The van der Waals surface area contributed by atoms with Crippen LogP contribution in [0.2, 0.25) is 0 Å². The van der Waals surface area contributed by atoms with E-state index in [0.717, 1.165) is 17.8 Å². The monoisotopic (exact) mass is 447 g/mol. The predicted molar refractivity (Wildman–Crippen MR) is 121 cm³/mol. The molecule has 4 aromatic rings. The molecule has 0 atom stereocenters. The van der Waals surface area contributed by atoms with Crippen molar-refractivity contribution >= 4 is 17.4 Å². The fraction of sp³-hybridized carbons (Fsp3) is 0.250. The third-order valence-electron chi connectivity index (χ3n) is 5.26. The minimum Gasteiger partial charge on any atom is -0.486 e. The number of carbonyl (C=O) groups is 2. The minimum absolute atomic E-state index is 0.00324.